The van der Waals surface area contributed by atoms with Crippen LogP contribution in [0.25, 0.3) is 6.08 Å². The molecule has 2 aromatic rings. The fourth-order valence-corrected chi connectivity index (χ4v) is 0.961. The second-order valence-corrected chi connectivity index (χ2v) is 2.93. The predicted molar refractivity (Wildman–Crippen MR) is 67.4 cm³/mol. The molecule has 0 bridgehead atoms. The lowest BCUT2D eigenvalue weighted by molar-refractivity contribution is 1.19. The van der Waals surface area contributed by atoms with Crippen LogP contribution in [0, 0.1) is 0 Å². The first kappa shape index (κ1) is 11.7. The molecule has 0 aliphatic carbocycles. The van der Waals surface area contributed by atoms with Gasteiger partial charge in [-0.1, -0.05) is 49.1 Å². The molecular formula is C12H14N4. The first-order valence-corrected chi connectivity index (χ1v) is 4.74. The Kier molecular flexibility index (Phi) is 4.53. The molecular weight excluding hydrogens is 200 g/mol. The highest BCUT2D eigenvalue weighted by atomic mass is 15.0. The van der Waals surface area contributed by atoms with E-state index in [1.54, 1.807) is 6.08 Å². The smallest absolute Gasteiger partial charge is 0.221 e. The first-order valence-electron chi connectivity index (χ1n) is 4.74. The van der Waals surface area contributed by atoms with Gasteiger partial charge in [0.1, 0.15) is 5.82 Å². The van der Waals surface area contributed by atoms with Crippen molar-refractivity contribution in [1.82, 2.24) is 9.97 Å². The summed E-state index contributed by atoms with van der Waals surface area (Å²) in [5.74, 6) is 0.547. The average molecular weight is 214 g/mol. The van der Waals surface area contributed by atoms with Gasteiger partial charge >= 0.3 is 0 Å². The Morgan fingerprint density at radius 2 is 1.50 bits per heavy atom. The van der Waals surface area contributed by atoms with Gasteiger partial charge in [-0.25, -0.2) is 4.98 Å². The summed E-state index contributed by atoms with van der Waals surface area (Å²) in [5.41, 5.74) is 11.4. The van der Waals surface area contributed by atoms with Crippen LogP contribution < -0.4 is 11.5 Å². The maximum absolute atomic E-state index is 5.43. The van der Waals surface area contributed by atoms with Gasteiger partial charge < -0.3 is 11.5 Å². The maximum atomic E-state index is 5.43. The van der Waals surface area contributed by atoms with Crippen molar-refractivity contribution < 1.29 is 0 Å². The summed E-state index contributed by atoms with van der Waals surface area (Å²) in [4.78, 5) is 7.44. The van der Waals surface area contributed by atoms with Crippen molar-refractivity contribution in [3.8, 4) is 0 Å². The molecule has 16 heavy (non-hydrogen) atoms. The lowest BCUT2D eigenvalue weighted by atomic mass is 10.3. The molecule has 4 N–H and O–H groups in total. The highest BCUT2D eigenvalue weighted by Gasteiger charge is 1.95. The summed E-state index contributed by atoms with van der Waals surface area (Å²) < 4.78 is 0. The fourth-order valence-electron chi connectivity index (χ4n) is 0.961. The van der Waals surface area contributed by atoms with Gasteiger partial charge in [-0.05, 0) is 0 Å². The second kappa shape index (κ2) is 6.19. The number of nitrogens with zero attached hydrogens (tertiary/aromatic N) is 2. The highest BCUT2D eigenvalue weighted by Crippen LogP contribution is 2.08. The highest BCUT2D eigenvalue weighted by molar-refractivity contribution is 5.59. The minimum Gasteiger partial charge on any atom is -0.383 e. The van der Waals surface area contributed by atoms with Crippen molar-refractivity contribution in [3.63, 3.8) is 0 Å². The van der Waals surface area contributed by atoms with E-state index in [4.69, 9.17) is 11.5 Å². The van der Waals surface area contributed by atoms with Crippen LogP contribution in [0.15, 0.2) is 49.2 Å². The zero-order chi connectivity index (χ0) is 11.8. The maximum Gasteiger partial charge on any atom is 0.221 e. The zero-order valence-corrected chi connectivity index (χ0v) is 8.88. The number of nitrogens with two attached hydrogens (primary N) is 2. The number of aromatic nitrogens is 2. The summed E-state index contributed by atoms with van der Waals surface area (Å²) in [6, 6.07) is 12.0. The summed E-state index contributed by atoms with van der Waals surface area (Å²) in [7, 11) is 0. The van der Waals surface area contributed by atoms with Crippen LogP contribution in [0.3, 0.4) is 0 Å². The number of hydrogen-bond acceptors (Lipinski definition) is 4. The Labute approximate surface area is 94.7 Å². The summed E-state index contributed by atoms with van der Waals surface area (Å²) in [6.45, 7) is 3.52. The van der Waals surface area contributed by atoms with E-state index in [1.165, 1.54) is 6.20 Å². The van der Waals surface area contributed by atoms with Crippen molar-refractivity contribution in [1.29, 1.82) is 0 Å². The van der Waals surface area contributed by atoms with Crippen molar-refractivity contribution in [3.05, 3.63) is 54.7 Å². The molecule has 2 rings (SSSR count). The Morgan fingerprint density at radius 1 is 1.00 bits per heavy atom. The van der Waals surface area contributed by atoms with E-state index in [-0.39, 0.29) is 5.95 Å². The summed E-state index contributed by atoms with van der Waals surface area (Å²) in [5, 5.41) is 0. The first-order chi connectivity index (χ1) is 7.74. The average Bonchev–Trinajstić information content (AvgIpc) is 2.32. The van der Waals surface area contributed by atoms with Crippen LogP contribution in [-0.4, -0.2) is 9.97 Å². The molecule has 1 heterocycles. The minimum atomic E-state index is 0.183. The van der Waals surface area contributed by atoms with E-state index in [2.05, 4.69) is 16.5 Å². The van der Waals surface area contributed by atoms with E-state index in [0.29, 0.717) is 11.4 Å². The van der Waals surface area contributed by atoms with Gasteiger partial charge in [-0.3, -0.25) is 0 Å². The third-order valence-corrected chi connectivity index (χ3v) is 1.75. The fraction of sp³-hybridized carbons (Fsp3) is 0. The molecule has 0 amide bonds. The van der Waals surface area contributed by atoms with Gasteiger partial charge in [0, 0.05) is 11.8 Å². The number of nitrogen functional groups attached to an aromatic ring is 2. The Balaban J connectivity index is 0.000000181. The van der Waals surface area contributed by atoms with Crippen LogP contribution in [0.5, 0.6) is 0 Å². The molecule has 0 fully saturated rings. The third-order valence-electron chi connectivity index (χ3n) is 1.75. The van der Waals surface area contributed by atoms with E-state index in [1.807, 2.05) is 36.4 Å². The van der Waals surface area contributed by atoms with Crippen LogP contribution >= 0.6 is 0 Å². The number of rotatable bonds is 1. The molecule has 1 aromatic heterocycles. The number of anilines is 2. The molecule has 0 atom stereocenters. The molecule has 0 spiro atoms. The molecule has 0 radical (unpaired) electrons. The van der Waals surface area contributed by atoms with Crippen LogP contribution in [0.2, 0.25) is 0 Å². The van der Waals surface area contributed by atoms with Gasteiger partial charge in [0.05, 0.1) is 0 Å². The molecule has 4 heteroatoms. The number of hydrogen-bond donors (Lipinski definition) is 2. The minimum absolute atomic E-state index is 0.183. The molecule has 82 valence electrons. The van der Waals surface area contributed by atoms with Crippen molar-refractivity contribution in [2.24, 2.45) is 0 Å². The molecule has 0 aliphatic rings. The van der Waals surface area contributed by atoms with Gasteiger partial charge in [0.2, 0.25) is 5.95 Å². The molecule has 0 saturated heterocycles. The van der Waals surface area contributed by atoms with Gasteiger partial charge in [0.25, 0.3) is 0 Å². The largest absolute Gasteiger partial charge is 0.383 e. The molecule has 0 saturated carbocycles. The van der Waals surface area contributed by atoms with E-state index in [9.17, 15) is 0 Å². The van der Waals surface area contributed by atoms with Crippen molar-refractivity contribution in [2.75, 3.05) is 11.5 Å². The Hall–Kier alpha value is -2.36. The third kappa shape index (κ3) is 3.79. The topological polar surface area (TPSA) is 77.8 Å². The Bertz CT molecular complexity index is 413. The lowest BCUT2D eigenvalue weighted by Gasteiger charge is -1.97. The zero-order valence-electron chi connectivity index (χ0n) is 8.88. The van der Waals surface area contributed by atoms with Crippen molar-refractivity contribution in [2.45, 2.75) is 0 Å². The van der Waals surface area contributed by atoms with Gasteiger partial charge in [-0.2, -0.15) is 4.98 Å². The van der Waals surface area contributed by atoms with E-state index >= 15 is 0 Å². The van der Waals surface area contributed by atoms with Gasteiger partial charge in [0.15, 0.2) is 0 Å². The second-order valence-electron chi connectivity index (χ2n) is 2.93. The number of benzene rings is 1. The summed E-state index contributed by atoms with van der Waals surface area (Å²) in [6.07, 6.45) is 3.11. The lowest BCUT2D eigenvalue weighted by Crippen LogP contribution is -2.00. The van der Waals surface area contributed by atoms with Crippen LogP contribution in [0.1, 0.15) is 5.56 Å². The molecule has 0 aliphatic heterocycles. The van der Waals surface area contributed by atoms with E-state index < -0.39 is 0 Å². The molecule has 1 aromatic carbocycles. The molecule has 4 nitrogen and oxygen atoms in total. The van der Waals surface area contributed by atoms with Gasteiger partial charge in [-0.15, -0.1) is 0 Å². The normalized spacial score (nSPS) is 8.75. The van der Waals surface area contributed by atoms with E-state index in [0.717, 1.165) is 0 Å². The molecule has 0 unspecified atom stereocenters. The standard InChI is InChI=1S/C6H8N4.C6H6/c1-2-4-3-9-6(8)10-5(4)7;1-2-4-6-5-3-1/h2-3H,1H2,(H4,7,8,9,10);1-6H. The predicted octanol–water partition coefficient (Wildman–Crippen LogP) is 1.97. The summed E-state index contributed by atoms with van der Waals surface area (Å²) >= 11 is 0. The SMILES string of the molecule is C=Cc1cnc(N)nc1N.c1ccccc1. The van der Waals surface area contributed by atoms with Crippen molar-refractivity contribution >= 4 is 17.8 Å². The monoisotopic (exact) mass is 214 g/mol. The van der Waals surface area contributed by atoms with Crippen LogP contribution in [0.4, 0.5) is 11.8 Å². The quantitative estimate of drug-likeness (QED) is 0.760. The van der Waals surface area contributed by atoms with Crippen LogP contribution in [-0.2, 0) is 0 Å². The Morgan fingerprint density at radius 3 is 1.88 bits per heavy atom.